The van der Waals surface area contributed by atoms with Gasteiger partial charge in [0, 0.05) is 6.04 Å². The number of likely N-dealkylation sites (N-methyl/N-ethyl adjacent to an activating group) is 1. The quantitative estimate of drug-likeness (QED) is 0.778. The average Bonchev–Trinajstić information content (AvgIpc) is 2.16. The monoisotopic (exact) mass is 227 g/mol. The summed E-state index contributed by atoms with van der Waals surface area (Å²) in [5, 5.41) is 3.30. The Hall–Kier alpha value is -0.0800. The van der Waals surface area contributed by atoms with Gasteiger partial charge in [0.1, 0.15) is 0 Å². The largest absolute Gasteiger partial charge is 0.377 e. The first kappa shape index (κ1) is 14.0. The minimum atomic E-state index is 0.462. The normalized spacial score (nSPS) is 31.3. The van der Waals surface area contributed by atoms with Gasteiger partial charge in [-0.15, -0.1) is 0 Å². The minimum Gasteiger partial charge on any atom is -0.377 e. The fourth-order valence-corrected chi connectivity index (χ4v) is 3.04. The summed E-state index contributed by atoms with van der Waals surface area (Å²) in [6, 6.07) is 0.514. The van der Waals surface area contributed by atoms with Crippen LogP contribution in [0.25, 0.3) is 0 Å². The van der Waals surface area contributed by atoms with Crippen molar-refractivity contribution in [1.82, 2.24) is 5.32 Å². The van der Waals surface area contributed by atoms with Crippen LogP contribution >= 0.6 is 0 Å². The molecule has 0 heterocycles. The summed E-state index contributed by atoms with van der Waals surface area (Å²) in [5.41, 5.74) is 0.462. The van der Waals surface area contributed by atoms with Crippen molar-refractivity contribution in [2.24, 2.45) is 11.3 Å². The van der Waals surface area contributed by atoms with Crippen molar-refractivity contribution in [1.29, 1.82) is 0 Å². The van der Waals surface area contributed by atoms with Crippen molar-refractivity contribution >= 4 is 0 Å². The highest BCUT2D eigenvalue weighted by molar-refractivity contribution is 4.83. The zero-order valence-electron chi connectivity index (χ0n) is 11.7. The van der Waals surface area contributed by atoms with Crippen LogP contribution in [0.2, 0.25) is 0 Å². The van der Waals surface area contributed by atoms with Gasteiger partial charge in [-0.1, -0.05) is 27.7 Å². The van der Waals surface area contributed by atoms with Crippen LogP contribution < -0.4 is 5.32 Å². The summed E-state index contributed by atoms with van der Waals surface area (Å²) < 4.78 is 6.07. The molecule has 0 aliphatic heterocycles. The molecule has 3 unspecified atom stereocenters. The predicted molar refractivity (Wildman–Crippen MR) is 69.7 cm³/mol. The molecule has 2 heteroatoms. The maximum absolute atomic E-state index is 6.07. The SMILES string of the molecule is CCC(COC1CC(C)CC(C)(C)C1)NC. The zero-order valence-corrected chi connectivity index (χ0v) is 11.7. The summed E-state index contributed by atoms with van der Waals surface area (Å²) in [7, 11) is 2.02. The molecule has 0 saturated heterocycles. The zero-order chi connectivity index (χ0) is 12.2. The summed E-state index contributed by atoms with van der Waals surface area (Å²) in [6.45, 7) is 10.2. The Morgan fingerprint density at radius 1 is 1.38 bits per heavy atom. The van der Waals surface area contributed by atoms with Crippen LogP contribution in [0.1, 0.15) is 53.4 Å². The molecule has 0 spiro atoms. The van der Waals surface area contributed by atoms with Crippen LogP contribution in [-0.4, -0.2) is 25.8 Å². The van der Waals surface area contributed by atoms with Crippen molar-refractivity contribution in [3.63, 3.8) is 0 Å². The van der Waals surface area contributed by atoms with E-state index >= 15 is 0 Å². The van der Waals surface area contributed by atoms with E-state index in [4.69, 9.17) is 4.74 Å². The van der Waals surface area contributed by atoms with Gasteiger partial charge in [-0.05, 0) is 44.1 Å². The Labute approximate surface area is 101 Å². The average molecular weight is 227 g/mol. The Kier molecular flexibility index (Phi) is 5.26. The Morgan fingerprint density at radius 2 is 2.06 bits per heavy atom. The topological polar surface area (TPSA) is 21.3 Å². The standard InChI is InChI=1S/C14H29NO/c1-6-12(15-5)10-16-13-7-11(2)8-14(3,4)9-13/h11-13,15H,6-10H2,1-5H3. The Balaban J connectivity index is 2.36. The number of rotatable bonds is 5. The molecule has 0 bridgehead atoms. The van der Waals surface area contributed by atoms with Gasteiger partial charge in [-0.2, -0.15) is 0 Å². The van der Waals surface area contributed by atoms with Crippen LogP contribution in [0.3, 0.4) is 0 Å². The molecule has 1 saturated carbocycles. The van der Waals surface area contributed by atoms with Gasteiger partial charge in [0.25, 0.3) is 0 Å². The van der Waals surface area contributed by atoms with E-state index in [0.717, 1.165) is 18.9 Å². The van der Waals surface area contributed by atoms with Gasteiger partial charge in [0.15, 0.2) is 0 Å². The molecular weight excluding hydrogens is 198 g/mol. The van der Waals surface area contributed by atoms with Crippen LogP contribution in [-0.2, 0) is 4.74 Å². The maximum Gasteiger partial charge on any atom is 0.0623 e. The lowest BCUT2D eigenvalue weighted by Crippen LogP contribution is -2.36. The van der Waals surface area contributed by atoms with E-state index in [1.54, 1.807) is 0 Å². The third-order valence-electron chi connectivity index (χ3n) is 3.78. The van der Waals surface area contributed by atoms with Gasteiger partial charge >= 0.3 is 0 Å². The fourth-order valence-electron chi connectivity index (χ4n) is 3.04. The molecule has 0 aromatic rings. The highest BCUT2D eigenvalue weighted by Gasteiger charge is 2.32. The van der Waals surface area contributed by atoms with Crippen LogP contribution in [0.5, 0.6) is 0 Å². The molecule has 1 fully saturated rings. The third kappa shape index (κ3) is 4.42. The molecule has 16 heavy (non-hydrogen) atoms. The molecule has 0 aromatic carbocycles. The maximum atomic E-state index is 6.07. The lowest BCUT2D eigenvalue weighted by atomic mass is 9.71. The third-order valence-corrected chi connectivity index (χ3v) is 3.78. The van der Waals surface area contributed by atoms with Gasteiger partial charge in [-0.3, -0.25) is 0 Å². The minimum absolute atomic E-state index is 0.462. The molecule has 0 aromatic heterocycles. The number of ether oxygens (including phenoxy) is 1. The highest BCUT2D eigenvalue weighted by Crippen LogP contribution is 2.39. The van der Waals surface area contributed by atoms with E-state index in [2.05, 4.69) is 33.0 Å². The summed E-state index contributed by atoms with van der Waals surface area (Å²) >= 11 is 0. The first-order chi connectivity index (χ1) is 7.46. The Bertz CT molecular complexity index is 199. The molecule has 1 aliphatic carbocycles. The summed E-state index contributed by atoms with van der Waals surface area (Å²) in [6.07, 6.45) is 5.42. The molecule has 3 atom stereocenters. The van der Waals surface area contributed by atoms with E-state index in [1.165, 1.54) is 19.3 Å². The lowest BCUT2D eigenvalue weighted by molar-refractivity contribution is -0.0303. The second-order valence-electron chi connectivity index (χ2n) is 6.26. The van der Waals surface area contributed by atoms with Crippen molar-refractivity contribution < 1.29 is 4.74 Å². The molecule has 1 rings (SSSR count). The fraction of sp³-hybridized carbons (Fsp3) is 1.00. The predicted octanol–water partition coefficient (Wildman–Crippen LogP) is 3.22. The van der Waals surface area contributed by atoms with E-state index in [9.17, 15) is 0 Å². The second-order valence-corrected chi connectivity index (χ2v) is 6.26. The van der Waals surface area contributed by atoms with Crippen molar-refractivity contribution in [3.05, 3.63) is 0 Å². The highest BCUT2D eigenvalue weighted by atomic mass is 16.5. The molecule has 2 nitrogen and oxygen atoms in total. The molecule has 96 valence electrons. The number of nitrogens with one attached hydrogen (secondary N) is 1. The Morgan fingerprint density at radius 3 is 2.56 bits per heavy atom. The molecule has 1 N–H and O–H groups in total. The van der Waals surface area contributed by atoms with E-state index in [0.29, 0.717) is 17.6 Å². The number of hydrogen-bond donors (Lipinski definition) is 1. The van der Waals surface area contributed by atoms with E-state index in [1.807, 2.05) is 7.05 Å². The summed E-state index contributed by atoms with van der Waals surface area (Å²) in [4.78, 5) is 0. The van der Waals surface area contributed by atoms with Gasteiger partial charge in [-0.25, -0.2) is 0 Å². The summed E-state index contributed by atoms with van der Waals surface area (Å²) in [5.74, 6) is 0.809. The van der Waals surface area contributed by atoms with E-state index < -0.39 is 0 Å². The van der Waals surface area contributed by atoms with Crippen LogP contribution in [0.4, 0.5) is 0 Å². The van der Waals surface area contributed by atoms with Crippen molar-refractivity contribution in [2.75, 3.05) is 13.7 Å². The molecule has 1 aliphatic rings. The van der Waals surface area contributed by atoms with Crippen LogP contribution in [0, 0.1) is 11.3 Å². The van der Waals surface area contributed by atoms with Crippen LogP contribution in [0.15, 0.2) is 0 Å². The lowest BCUT2D eigenvalue weighted by Gasteiger charge is -2.39. The first-order valence-corrected chi connectivity index (χ1v) is 6.75. The molecule has 0 radical (unpaired) electrons. The van der Waals surface area contributed by atoms with Gasteiger partial charge in [0.2, 0.25) is 0 Å². The van der Waals surface area contributed by atoms with Gasteiger partial charge < -0.3 is 10.1 Å². The molecular formula is C14H29NO. The van der Waals surface area contributed by atoms with Crippen molar-refractivity contribution in [2.45, 2.75) is 65.5 Å². The van der Waals surface area contributed by atoms with Gasteiger partial charge in [0.05, 0.1) is 12.7 Å². The first-order valence-electron chi connectivity index (χ1n) is 6.75. The smallest absolute Gasteiger partial charge is 0.0623 e. The van der Waals surface area contributed by atoms with Crippen molar-refractivity contribution in [3.8, 4) is 0 Å². The van der Waals surface area contributed by atoms with E-state index in [-0.39, 0.29) is 0 Å². The number of hydrogen-bond acceptors (Lipinski definition) is 2. The molecule has 0 amide bonds. The second kappa shape index (κ2) is 6.02.